The van der Waals surface area contributed by atoms with Crippen LogP contribution in [0, 0.1) is 6.92 Å². The zero-order valence-electron chi connectivity index (χ0n) is 6.76. The molecule has 0 radical (unpaired) electrons. The topological polar surface area (TPSA) is 54.9 Å². The number of carbonyl (C=O) groups excluding carboxylic acids is 1. The lowest BCUT2D eigenvalue weighted by Gasteiger charge is -2.01. The molecule has 0 aromatic carbocycles. The van der Waals surface area contributed by atoms with Gasteiger partial charge in [-0.3, -0.25) is 4.79 Å². The Hall–Kier alpha value is -1.16. The first-order valence-electron chi connectivity index (χ1n) is 3.36. The number of hydrogen-bond donors (Lipinski definition) is 1. The predicted molar refractivity (Wildman–Crippen MR) is 45.2 cm³/mol. The van der Waals surface area contributed by atoms with Gasteiger partial charge in [0.25, 0.3) is 5.91 Å². The Labute approximate surface area is 75.0 Å². The van der Waals surface area contributed by atoms with E-state index in [9.17, 15) is 4.79 Å². The van der Waals surface area contributed by atoms with Crippen LogP contribution in [0.15, 0.2) is 6.20 Å². The van der Waals surface area contributed by atoms with Gasteiger partial charge in [0.05, 0.1) is 0 Å². The van der Waals surface area contributed by atoms with Crippen molar-refractivity contribution in [1.82, 2.24) is 15.3 Å². The van der Waals surface area contributed by atoms with Gasteiger partial charge in [0.1, 0.15) is 5.69 Å². The largest absolute Gasteiger partial charge is 0.354 e. The van der Waals surface area contributed by atoms with Crippen LogP contribution in [-0.2, 0) is 0 Å². The van der Waals surface area contributed by atoms with Crippen LogP contribution in [0.4, 0.5) is 0 Å². The second-order valence-corrected chi connectivity index (χ2v) is 2.59. The van der Waals surface area contributed by atoms with Gasteiger partial charge in [-0.25, -0.2) is 9.97 Å². The molecule has 0 fully saturated rings. The highest BCUT2D eigenvalue weighted by Gasteiger charge is 2.09. The summed E-state index contributed by atoms with van der Waals surface area (Å²) >= 11 is 5.52. The van der Waals surface area contributed by atoms with Gasteiger partial charge in [0, 0.05) is 13.2 Å². The maximum Gasteiger partial charge on any atom is 0.270 e. The maximum atomic E-state index is 11.1. The number of aryl methyl sites for hydroxylation is 1. The first kappa shape index (κ1) is 8.93. The highest BCUT2D eigenvalue weighted by molar-refractivity contribution is 6.28. The van der Waals surface area contributed by atoms with Gasteiger partial charge in [-0.2, -0.15) is 0 Å². The minimum atomic E-state index is -0.253. The molecule has 1 heterocycles. The highest BCUT2D eigenvalue weighted by Crippen LogP contribution is 2.06. The molecule has 0 aliphatic heterocycles. The lowest BCUT2D eigenvalue weighted by molar-refractivity contribution is 0.0957. The first-order chi connectivity index (χ1) is 5.65. The molecule has 1 aromatic heterocycles. The molecule has 1 N–H and O–H groups in total. The van der Waals surface area contributed by atoms with Crippen LogP contribution in [0.25, 0.3) is 0 Å². The minimum Gasteiger partial charge on any atom is -0.354 e. The minimum absolute atomic E-state index is 0.0826. The Morgan fingerprint density at radius 1 is 1.67 bits per heavy atom. The monoisotopic (exact) mass is 185 g/mol. The summed E-state index contributed by atoms with van der Waals surface area (Å²) in [6.07, 6.45) is 1.51. The number of carbonyl (C=O) groups is 1. The van der Waals surface area contributed by atoms with Crippen LogP contribution in [0.5, 0.6) is 0 Å². The number of amides is 1. The number of rotatable bonds is 1. The number of nitrogens with zero attached hydrogens (tertiary/aromatic N) is 2. The summed E-state index contributed by atoms with van der Waals surface area (Å²) in [5.74, 6) is -0.253. The molecule has 12 heavy (non-hydrogen) atoms. The molecule has 5 heteroatoms. The molecular formula is C7H8ClN3O. The molecule has 4 nitrogen and oxygen atoms in total. The van der Waals surface area contributed by atoms with Crippen LogP contribution in [-0.4, -0.2) is 22.9 Å². The van der Waals surface area contributed by atoms with Crippen LogP contribution >= 0.6 is 11.6 Å². The van der Waals surface area contributed by atoms with E-state index in [2.05, 4.69) is 15.3 Å². The van der Waals surface area contributed by atoms with Crippen molar-refractivity contribution in [1.29, 1.82) is 0 Å². The third-order valence-corrected chi connectivity index (χ3v) is 1.57. The summed E-state index contributed by atoms with van der Waals surface area (Å²) in [6, 6.07) is 0. The van der Waals surface area contributed by atoms with Gasteiger partial charge in [0.15, 0.2) is 0 Å². The molecular weight excluding hydrogens is 178 g/mol. The van der Waals surface area contributed by atoms with Crippen molar-refractivity contribution < 1.29 is 4.79 Å². The van der Waals surface area contributed by atoms with Gasteiger partial charge in [-0.05, 0) is 24.1 Å². The Balaban J connectivity index is 3.13. The van der Waals surface area contributed by atoms with E-state index in [0.29, 0.717) is 11.3 Å². The van der Waals surface area contributed by atoms with Crippen molar-refractivity contribution in [3.8, 4) is 0 Å². The van der Waals surface area contributed by atoms with E-state index in [0.717, 1.165) is 0 Å². The quantitative estimate of drug-likeness (QED) is 0.659. The molecule has 0 bridgehead atoms. The Morgan fingerprint density at radius 2 is 2.33 bits per heavy atom. The SMILES string of the molecule is CNC(=O)c1nc(Cl)ncc1C. The third kappa shape index (κ3) is 1.71. The first-order valence-corrected chi connectivity index (χ1v) is 3.74. The molecule has 0 saturated carbocycles. The van der Waals surface area contributed by atoms with Gasteiger partial charge in [-0.15, -0.1) is 0 Å². The van der Waals surface area contributed by atoms with E-state index in [1.807, 2.05) is 0 Å². The molecule has 0 atom stereocenters. The molecule has 1 amide bonds. The molecule has 0 saturated heterocycles. The Kier molecular flexibility index (Phi) is 2.60. The van der Waals surface area contributed by atoms with Gasteiger partial charge in [-0.1, -0.05) is 0 Å². The van der Waals surface area contributed by atoms with E-state index < -0.39 is 0 Å². The number of aromatic nitrogens is 2. The van der Waals surface area contributed by atoms with Crippen LogP contribution in [0.1, 0.15) is 16.1 Å². The lowest BCUT2D eigenvalue weighted by Crippen LogP contribution is -2.20. The van der Waals surface area contributed by atoms with Gasteiger partial charge >= 0.3 is 0 Å². The van der Waals surface area contributed by atoms with Gasteiger partial charge in [0.2, 0.25) is 5.28 Å². The lowest BCUT2D eigenvalue weighted by atomic mass is 10.2. The smallest absolute Gasteiger partial charge is 0.270 e. The highest BCUT2D eigenvalue weighted by atomic mass is 35.5. The normalized spacial score (nSPS) is 9.58. The maximum absolute atomic E-state index is 11.1. The predicted octanol–water partition coefficient (Wildman–Crippen LogP) is 0.798. The molecule has 0 aliphatic rings. The number of halogens is 1. The fourth-order valence-corrected chi connectivity index (χ4v) is 0.902. The average molecular weight is 186 g/mol. The third-order valence-electron chi connectivity index (χ3n) is 1.38. The fraction of sp³-hybridized carbons (Fsp3) is 0.286. The van der Waals surface area contributed by atoms with Crippen LogP contribution in [0.3, 0.4) is 0 Å². The summed E-state index contributed by atoms with van der Waals surface area (Å²) in [7, 11) is 1.54. The van der Waals surface area contributed by atoms with Crippen LogP contribution < -0.4 is 5.32 Å². The van der Waals surface area contributed by atoms with Crippen molar-refractivity contribution in [2.24, 2.45) is 0 Å². The summed E-state index contributed by atoms with van der Waals surface area (Å²) in [5.41, 5.74) is 1.02. The molecule has 1 aromatic rings. The Morgan fingerprint density at radius 3 is 2.92 bits per heavy atom. The summed E-state index contributed by atoms with van der Waals surface area (Å²) in [5, 5.41) is 2.54. The number of hydrogen-bond acceptors (Lipinski definition) is 3. The van der Waals surface area contributed by atoms with Crippen LogP contribution in [0.2, 0.25) is 5.28 Å². The van der Waals surface area contributed by atoms with Crippen molar-refractivity contribution in [2.45, 2.75) is 6.92 Å². The zero-order chi connectivity index (χ0) is 9.14. The molecule has 1 rings (SSSR count). The van der Waals surface area contributed by atoms with E-state index in [4.69, 9.17) is 11.6 Å². The summed E-state index contributed by atoms with van der Waals surface area (Å²) in [4.78, 5) is 18.6. The standard InChI is InChI=1S/C7H8ClN3O/c1-4-3-10-7(8)11-5(4)6(12)9-2/h3H,1-2H3,(H,9,12). The molecule has 64 valence electrons. The van der Waals surface area contributed by atoms with Gasteiger partial charge < -0.3 is 5.32 Å². The van der Waals surface area contributed by atoms with Crippen molar-refractivity contribution in [2.75, 3.05) is 7.05 Å². The Bertz CT molecular complexity index is 314. The number of nitrogens with one attached hydrogen (secondary N) is 1. The van der Waals surface area contributed by atoms with Crippen molar-refractivity contribution in [3.63, 3.8) is 0 Å². The van der Waals surface area contributed by atoms with E-state index in [1.54, 1.807) is 6.92 Å². The molecule has 0 aliphatic carbocycles. The molecule has 0 unspecified atom stereocenters. The second kappa shape index (κ2) is 3.49. The average Bonchev–Trinajstić information content (AvgIpc) is 2.08. The second-order valence-electron chi connectivity index (χ2n) is 2.25. The summed E-state index contributed by atoms with van der Waals surface area (Å²) < 4.78 is 0. The van der Waals surface area contributed by atoms with Crippen molar-refractivity contribution >= 4 is 17.5 Å². The van der Waals surface area contributed by atoms with E-state index in [1.165, 1.54) is 13.2 Å². The zero-order valence-corrected chi connectivity index (χ0v) is 7.51. The van der Waals surface area contributed by atoms with E-state index in [-0.39, 0.29) is 11.2 Å². The summed E-state index contributed by atoms with van der Waals surface area (Å²) in [6.45, 7) is 1.75. The van der Waals surface area contributed by atoms with E-state index >= 15 is 0 Å². The fourth-order valence-electron chi connectivity index (χ4n) is 0.769. The van der Waals surface area contributed by atoms with Crippen molar-refractivity contribution in [3.05, 3.63) is 22.7 Å². The molecule has 0 spiro atoms.